The van der Waals surface area contributed by atoms with Gasteiger partial charge in [-0.2, -0.15) is 0 Å². The second-order valence-corrected chi connectivity index (χ2v) is 4.24. The Morgan fingerprint density at radius 2 is 2.43 bits per heavy atom. The molecule has 0 unspecified atom stereocenters. The first kappa shape index (κ1) is 11.0. The average molecular weight is 209 g/mol. The van der Waals surface area contributed by atoms with Gasteiger partial charge in [-0.15, -0.1) is 11.3 Å². The van der Waals surface area contributed by atoms with Crippen molar-refractivity contribution in [3.63, 3.8) is 0 Å². The van der Waals surface area contributed by atoms with E-state index < -0.39 is 0 Å². The highest BCUT2D eigenvalue weighted by molar-refractivity contribution is 7.12. The molecule has 0 atom stereocenters. The van der Waals surface area contributed by atoms with E-state index in [2.05, 4.69) is 18.4 Å². The summed E-state index contributed by atoms with van der Waals surface area (Å²) in [6, 6.07) is 1.92. The quantitative estimate of drug-likeness (QED) is 0.549. The molecule has 0 spiro atoms. The maximum atomic E-state index is 10.5. The Labute approximate surface area is 88.9 Å². The van der Waals surface area contributed by atoms with Gasteiger partial charge in [0.1, 0.15) is 0 Å². The Morgan fingerprint density at radius 3 is 2.86 bits per heavy atom. The third-order valence-electron chi connectivity index (χ3n) is 1.93. The molecule has 14 heavy (non-hydrogen) atoms. The highest BCUT2D eigenvalue weighted by Gasteiger charge is 2.06. The van der Waals surface area contributed by atoms with Crippen LogP contribution in [0.1, 0.15) is 23.5 Å². The highest BCUT2D eigenvalue weighted by Crippen LogP contribution is 2.22. The van der Waals surface area contributed by atoms with Crippen molar-refractivity contribution in [2.75, 3.05) is 18.0 Å². The maximum Gasteiger partial charge on any atom is 0.160 e. The SMILES string of the molecule is C=C(C)CN(CC)c1csc(C=O)c1. The van der Waals surface area contributed by atoms with E-state index >= 15 is 0 Å². The molecule has 2 nitrogen and oxygen atoms in total. The van der Waals surface area contributed by atoms with Gasteiger partial charge in [-0.25, -0.2) is 0 Å². The smallest absolute Gasteiger partial charge is 0.160 e. The van der Waals surface area contributed by atoms with Gasteiger partial charge in [0.2, 0.25) is 0 Å². The molecule has 0 saturated carbocycles. The van der Waals surface area contributed by atoms with Gasteiger partial charge in [-0.05, 0) is 19.9 Å². The van der Waals surface area contributed by atoms with Crippen LogP contribution >= 0.6 is 11.3 Å². The lowest BCUT2D eigenvalue weighted by Gasteiger charge is -2.21. The second-order valence-electron chi connectivity index (χ2n) is 3.30. The zero-order valence-corrected chi connectivity index (χ0v) is 9.43. The molecule has 0 aliphatic rings. The fourth-order valence-corrected chi connectivity index (χ4v) is 2.00. The predicted octanol–water partition coefficient (Wildman–Crippen LogP) is 2.96. The molecule has 0 aliphatic heterocycles. The van der Waals surface area contributed by atoms with Crippen LogP contribution in [-0.2, 0) is 0 Å². The number of carbonyl (C=O) groups is 1. The number of nitrogens with zero attached hydrogens (tertiary/aromatic N) is 1. The Balaban J connectivity index is 2.77. The van der Waals surface area contributed by atoms with E-state index in [4.69, 9.17) is 0 Å². The Kier molecular flexibility index (Phi) is 3.89. The lowest BCUT2D eigenvalue weighted by molar-refractivity contribution is 0.112. The number of anilines is 1. The molecule has 1 heterocycles. The van der Waals surface area contributed by atoms with Crippen LogP contribution in [0.2, 0.25) is 0 Å². The largest absolute Gasteiger partial charge is 0.367 e. The molecule has 1 rings (SSSR count). The van der Waals surface area contributed by atoms with Gasteiger partial charge < -0.3 is 4.90 Å². The number of hydrogen-bond acceptors (Lipinski definition) is 3. The first-order chi connectivity index (χ1) is 6.67. The van der Waals surface area contributed by atoms with Gasteiger partial charge in [-0.3, -0.25) is 4.79 Å². The normalized spacial score (nSPS) is 9.86. The molecule has 0 aliphatic carbocycles. The van der Waals surface area contributed by atoms with Crippen molar-refractivity contribution >= 4 is 23.3 Å². The monoisotopic (exact) mass is 209 g/mol. The topological polar surface area (TPSA) is 20.3 Å². The molecule has 0 amide bonds. The van der Waals surface area contributed by atoms with Crippen LogP contribution in [0.4, 0.5) is 5.69 Å². The summed E-state index contributed by atoms with van der Waals surface area (Å²) >= 11 is 1.48. The Morgan fingerprint density at radius 1 is 1.71 bits per heavy atom. The van der Waals surface area contributed by atoms with Crippen LogP contribution in [0.3, 0.4) is 0 Å². The minimum Gasteiger partial charge on any atom is -0.367 e. The average Bonchev–Trinajstić information content (AvgIpc) is 2.62. The minimum absolute atomic E-state index is 0.778. The maximum absolute atomic E-state index is 10.5. The molecule has 0 saturated heterocycles. The van der Waals surface area contributed by atoms with Gasteiger partial charge in [0, 0.05) is 24.2 Å². The molecule has 3 heteroatoms. The Bertz CT molecular complexity index is 330. The van der Waals surface area contributed by atoms with Crippen LogP contribution in [0.25, 0.3) is 0 Å². The summed E-state index contributed by atoms with van der Waals surface area (Å²) in [6.45, 7) is 9.78. The van der Waals surface area contributed by atoms with Crippen molar-refractivity contribution in [1.82, 2.24) is 0 Å². The van der Waals surface area contributed by atoms with Crippen LogP contribution in [0.15, 0.2) is 23.6 Å². The number of rotatable bonds is 5. The molecule has 0 bridgehead atoms. The summed E-state index contributed by atoms with van der Waals surface area (Å²) in [6.07, 6.45) is 0.892. The zero-order chi connectivity index (χ0) is 10.6. The van der Waals surface area contributed by atoms with Gasteiger partial charge in [0.15, 0.2) is 6.29 Å². The fourth-order valence-electron chi connectivity index (χ4n) is 1.28. The van der Waals surface area contributed by atoms with Crippen LogP contribution in [0.5, 0.6) is 0 Å². The molecule has 76 valence electrons. The third kappa shape index (κ3) is 2.70. The zero-order valence-electron chi connectivity index (χ0n) is 8.62. The summed E-state index contributed by atoms with van der Waals surface area (Å²) in [5.74, 6) is 0. The van der Waals surface area contributed by atoms with E-state index in [0.29, 0.717) is 0 Å². The number of aldehydes is 1. The van der Waals surface area contributed by atoms with Crippen molar-refractivity contribution in [1.29, 1.82) is 0 Å². The van der Waals surface area contributed by atoms with Gasteiger partial charge >= 0.3 is 0 Å². The highest BCUT2D eigenvalue weighted by atomic mass is 32.1. The number of thiophene rings is 1. The molecule has 0 aromatic carbocycles. The first-order valence-corrected chi connectivity index (χ1v) is 5.48. The van der Waals surface area contributed by atoms with E-state index in [1.807, 2.05) is 18.4 Å². The standard InChI is InChI=1S/C11H15NOS/c1-4-12(6-9(2)3)10-5-11(7-13)14-8-10/h5,7-8H,2,4,6H2,1,3H3. The Hall–Kier alpha value is -1.09. The van der Waals surface area contributed by atoms with Gasteiger partial charge in [0.25, 0.3) is 0 Å². The predicted molar refractivity (Wildman–Crippen MR) is 62.4 cm³/mol. The van der Waals surface area contributed by atoms with E-state index in [1.54, 1.807) is 0 Å². The van der Waals surface area contributed by atoms with Crippen molar-refractivity contribution in [3.05, 3.63) is 28.5 Å². The van der Waals surface area contributed by atoms with Gasteiger partial charge in [-0.1, -0.05) is 12.2 Å². The van der Waals surface area contributed by atoms with Crippen molar-refractivity contribution < 1.29 is 4.79 Å². The van der Waals surface area contributed by atoms with E-state index in [-0.39, 0.29) is 0 Å². The molecule has 0 radical (unpaired) electrons. The number of likely N-dealkylation sites (N-methyl/N-ethyl adjacent to an activating group) is 1. The minimum atomic E-state index is 0.778. The molecular weight excluding hydrogens is 194 g/mol. The van der Waals surface area contributed by atoms with E-state index in [0.717, 1.165) is 35.5 Å². The van der Waals surface area contributed by atoms with Gasteiger partial charge in [0.05, 0.1) is 4.88 Å². The van der Waals surface area contributed by atoms with E-state index in [1.165, 1.54) is 11.3 Å². The van der Waals surface area contributed by atoms with E-state index in [9.17, 15) is 4.79 Å². The molecular formula is C11H15NOS. The summed E-state index contributed by atoms with van der Waals surface area (Å²) in [7, 11) is 0. The summed E-state index contributed by atoms with van der Waals surface area (Å²) < 4.78 is 0. The van der Waals surface area contributed by atoms with Crippen LogP contribution in [0, 0.1) is 0 Å². The van der Waals surface area contributed by atoms with Crippen molar-refractivity contribution in [2.45, 2.75) is 13.8 Å². The molecule has 0 fully saturated rings. The summed E-state index contributed by atoms with van der Waals surface area (Å²) in [4.78, 5) is 13.5. The second kappa shape index (κ2) is 4.96. The molecule has 0 N–H and O–H groups in total. The summed E-state index contributed by atoms with van der Waals surface area (Å²) in [5.41, 5.74) is 2.24. The fraction of sp³-hybridized carbons (Fsp3) is 0.364. The molecule has 1 aromatic rings. The van der Waals surface area contributed by atoms with Crippen LogP contribution in [-0.4, -0.2) is 19.4 Å². The summed E-state index contributed by atoms with van der Waals surface area (Å²) in [5, 5.41) is 2.01. The lowest BCUT2D eigenvalue weighted by Crippen LogP contribution is -2.23. The third-order valence-corrected chi connectivity index (χ3v) is 2.78. The van der Waals surface area contributed by atoms with Crippen molar-refractivity contribution in [3.8, 4) is 0 Å². The number of hydrogen-bond donors (Lipinski definition) is 0. The lowest BCUT2D eigenvalue weighted by atomic mass is 10.3. The molecule has 1 aromatic heterocycles. The van der Waals surface area contributed by atoms with Crippen molar-refractivity contribution in [2.24, 2.45) is 0 Å². The van der Waals surface area contributed by atoms with Crippen LogP contribution < -0.4 is 4.90 Å². The number of carbonyl (C=O) groups excluding carboxylic acids is 1. The first-order valence-electron chi connectivity index (χ1n) is 4.60.